The summed E-state index contributed by atoms with van der Waals surface area (Å²) < 4.78 is 5.31. The monoisotopic (exact) mass is 321 g/mol. The SMILES string of the molecule is COc1cc(C2Nc3c(C)ccc(C)c3C3C=CCC32)ccc1O. The molecular formula is C21H23NO2. The summed E-state index contributed by atoms with van der Waals surface area (Å²) in [5.74, 6) is 1.66. The number of anilines is 1. The highest BCUT2D eigenvalue weighted by atomic mass is 16.5. The van der Waals surface area contributed by atoms with Crippen molar-refractivity contribution in [1.82, 2.24) is 0 Å². The highest BCUT2D eigenvalue weighted by Crippen LogP contribution is 2.52. The zero-order chi connectivity index (χ0) is 16.8. The molecule has 0 aromatic heterocycles. The number of methoxy groups -OCH3 is 1. The third-order valence-electron chi connectivity index (χ3n) is 5.51. The van der Waals surface area contributed by atoms with Crippen LogP contribution < -0.4 is 10.1 Å². The lowest BCUT2D eigenvalue weighted by Crippen LogP contribution is -2.30. The van der Waals surface area contributed by atoms with Crippen molar-refractivity contribution in [2.75, 3.05) is 12.4 Å². The zero-order valence-electron chi connectivity index (χ0n) is 14.3. The van der Waals surface area contributed by atoms with E-state index in [0.717, 1.165) is 12.0 Å². The van der Waals surface area contributed by atoms with Crippen molar-refractivity contribution in [3.8, 4) is 11.5 Å². The van der Waals surface area contributed by atoms with Crippen molar-refractivity contribution in [3.63, 3.8) is 0 Å². The molecule has 1 heterocycles. The van der Waals surface area contributed by atoms with E-state index in [1.165, 1.54) is 22.4 Å². The predicted molar refractivity (Wildman–Crippen MR) is 96.9 cm³/mol. The highest BCUT2D eigenvalue weighted by Gasteiger charge is 2.39. The van der Waals surface area contributed by atoms with Gasteiger partial charge >= 0.3 is 0 Å². The molecule has 0 bridgehead atoms. The first-order valence-electron chi connectivity index (χ1n) is 8.50. The molecule has 1 aliphatic heterocycles. The summed E-state index contributed by atoms with van der Waals surface area (Å²) in [5, 5.41) is 13.7. The van der Waals surface area contributed by atoms with E-state index in [1.807, 2.05) is 12.1 Å². The molecule has 0 saturated heterocycles. The second-order valence-corrected chi connectivity index (χ2v) is 6.89. The van der Waals surface area contributed by atoms with Crippen molar-refractivity contribution >= 4 is 5.69 Å². The van der Waals surface area contributed by atoms with E-state index in [0.29, 0.717) is 17.6 Å². The van der Waals surface area contributed by atoms with Gasteiger partial charge in [0.1, 0.15) is 0 Å². The van der Waals surface area contributed by atoms with Crippen molar-refractivity contribution in [2.45, 2.75) is 32.2 Å². The van der Waals surface area contributed by atoms with Gasteiger partial charge in [0, 0.05) is 11.6 Å². The van der Waals surface area contributed by atoms with Crippen molar-refractivity contribution in [2.24, 2.45) is 5.92 Å². The maximum atomic E-state index is 9.90. The van der Waals surface area contributed by atoms with Gasteiger partial charge in [0.15, 0.2) is 11.5 Å². The summed E-state index contributed by atoms with van der Waals surface area (Å²) in [4.78, 5) is 0. The van der Waals surface area contributed by atoms with Crippen molar-refractivity contribution in [1.29, 1.82) is 0 Å². The Morgan fingerprint density at radius 1 is 1.12 bits per heavy atom. The summed E-state index contributed by atoms with van der Waals surface area (Å²) in [6.07, 6.45) is 5.73. The van der Waals surface area contributed by atoms with Crippen molar-refractivity contribution < 1.29 is 9.84 Å². The van der Waals surface area contributed by atoms with Gasteiger partial charge in [0.05, 0.1) is 13.2 Å². The first-order chi connectivity index (χ1) is 11.6. The molecule has 4 rings (SSSR count). The van der Waals surface area contributed by atoms with E-state index >= 15 is 0 Å². The van der Waals surface area contributed by atoms with Gasteiger partial charge in [-0.1, -0.05) is 30.4 Å². The number of aromatic hydroxyl groups is 1. The third-order valence-corrected chi connectivity index (χ3v) is 5.51. The molecule has 2 aliphatic rings. The molecule has 3 atom stereocenters. The largest absolute Gasteiger partial charge is 0.504 e. The molecule has 124 valence electrons. The van der Waals surface area contributed by atoms with Crippen LogP contribution >= 0.6 is 0 Å². The minimum absolute atomic E-state index is 0.186. The summed E-state index contributed by atoms with van der Waals surface area (Å²) in [6.45, 7) is 4.37. The fourth-order valence-electron chi connectivity index (χ4n) is 4.26. The molecule has 1 aliphatic carbocycles. The normalized spacial score (nSPS) is 24.2. The predicted octanol–water partition coefficient (Wildman–Crippen LogP) is 4.84. The van der Waals surface area contributed by atoms with Gasteiger partial charge in [0.25, 0.3) is 0 Å². The van der Waals surface area contributed by atoms with Gasteiger partial charge in [-0.25, -0.2) is 0 Å². The first-order valence-corrected chi connectivity index (χ1v) is 8.50. The van der Waals surface area contributed by atoms with E-state index in [2.05, 4.69) is 43.4 Å². The van der Waals surface area contributed by atoms with E-state index in [9.17, 15) is 5.11 Å². The van der Waals surface area contributed by atoms with Gasteiger partial charge in [-0.05, 0) is 60.6 Å². The first kappa shape index (κ1) is 15.1. The Labute approximate surface area is 143 Å². The molecule has 2 aromatic carbocycles. The Balaban J connectivity index is 1.83. The van der Waals surface area contributed by atoms with E-state index in [1.54, 1.807) is 13.2 Å². The quantitative estimate of drug-likeness (QED) is 0.777. The standard InChI is InChI=1S/C21H23NO2/c1-12-7-8-13(2)20-19(12)15-5-4-6-16(15)21(22-20)14-9-10-17(23)18(11-14)24-3/h4-5,7-11,15-16,21-23H,6H2,1-3H3. The topological polar surface area (TPSA) is 41.5 Å². The summed E-state index contributed by atoms with van der Waals surface area (Å²) in [6, 6.07) is 10.3. The molecule has 0 spiro atoms. The summed E-state index contributed by atoms with van der Waals surface area (Å²) in [7, 11) is 1.59. The number of hydrogen-bond donors (Lipinski definition) is 2. The Morgan fingerprint density at radius 3 is 2.71 bits per heavy atom. The molecule has 3 unspecified atom stereocenters. The number of ether oxygens (including phenoxy) is 1. The summed E-state index contributed by atoms with van der Waals surface area (Å²) >= 11 is 0. The fraction of sp³-hybridized carbons (Fsp3) is 0.333. The van der Waals surface area contributed by atoms with Gasteiger partial charge in [-0.2, -0.15) is 0 Å². The van der Waals surface area contributed by atoms with Crippen LogP contribution in [0, 0.1) is 19.8 Å². The number of allylic oxidation sites excluding steroid dienone is 2. The van der Waals surface area contributed by atoms with E-state index in [4.69, 9.17) is 4.74 Å². The molecule has 0 fully saturated rings. The van der Waals surface area contributed by atoms with Gasteiger partial charge in [-0.15, -0.1) is 0 Å². The van der Waals surface area contributed by atoms with Crippen LogP contribution in [-0.4, -0.2) is 12.2 Å². The number of hydrogen-bond acceptors (Lipinski definition) is 3. The fourth-order valence-corrected chi connectivity index (χ4v) is 4.26. The highest BCUT2D eigenvalue weighted by molar-refractivity contribution is 5.66. The lowest BCUT2D eigenvalue weighted by Gasteiger charge is -2.39. The molecular weight excluding hydrogens is 298 g/mol. The Kier molecular flexibility index (Phi) is 3.52. The summed E-state index contributed by atoms with van der Waals surface area (Å²) in [5.41, 5.74) is 6.50. The molecule has 24 heavy (non-hydrogen) atoms. The Hall–Kier alpha value is -2.42. The molecule has 0 amide bonds. The number of rotatable bonds is 2. The van der Waals surface area contributed by atoms with Gasteiger partial charge in [-0.3, -0.25) is 0 Å². The molecule has 2 N–H and O–H groups in total. The van der Waals surface area contributed by atoms with Crippen LogP contribution in [0.3, 0.4) is 0 Å². The maximum Gasteiger partial charge on any atom is 0.160 e. The number of benzene rings is 2. The van der Waals surface area contributed by atoms with Crippen molar-refractivity contribution in [3.05, 3.63) is 64.7 Å². The number of phenolic OH excluding ortho intramolecular Hbond substituents is 1. The average molecular weight is 321 g/mol. The molecule has 3 heteroatoms. The number of phenols is 1. The Bertz CT molecular complexity index is 825. The smallest absolute Gasteiger partial charge is 0.160 e. The molecule has 0 radical (unpaired) electrons. The van der Waals surface area contributed by atoms with Crippen LogP contribution in [0.15, 0.2) is 42.5 Å². The number of nitrogens with one attached hydrogen (secondary N) is 1. The van der Waals surface area contributed by atoms with Crippen LogP contribution in [-0.2, 0) is 0 Å². The average Bonchev–Trinajstić information content (AvgIpc) is 3.07. The van der Waals surface area contributed by atoms with Crippen LogP contribution in [0.25, 0.3) is 0 Å². The zero-order valence-corrected chi connectivity index (χ0v) is 14.3. The minimum Gasteiger partial charge on any atom is -0.504 e. The molecule has 0 saturated carbocycles. The van der Waals surface area contributed by atoms with Crippen LogP contribution in [0.1, 0.15) is 40.6 Å². The third kappa shape index (κ3) is 2.19. The molecule has 2 aromatic rings. The van der Waals surface area contributed by atoms with E-state index in [-0.39, 0.29) is 11.8 Å². The second-order valence-electron chi connectivity index (χ2n) is 6.89. The van der Waals surface area contributed by atoms with Crippen LogP contribution in [0.2, 0.25) is 0 Å². The van der Waals surface area contributed by atoms with Gasteiger partial charge < -0.3 is 15.2 Å². The van der Waals surface area contributed by atoms with Gasteiger partial charge in [0.2, 0.25) is 0 Å². The number of fused-ring (bicyclic) bond motifs is 3. The lowest BCUT2D eigenvalue weighted by molar-refractivity contribution is 0.370. The number of aryl methyl sites for hydroxylation is 2. The molecule has 3 nitrogen and oxygen atoms in total. The second kappa shape index (κ2) is 5.59. The lowest BCUT2D eigenvalue weighted by atomic mass is 9.75. The maximum absolute atomic E-state index is 9.90. The van der Waals surface area contributed by atoms with Crippen LogP contribution in [0.4, 0.5) is 5.69 Å². The van der Waals surface area contributed by atoms with Crippen LogP contribution in [0.5, 0.6) is 11.5 Å². The van der Waals surface area contributed by atoms with E-state index < -0.39 is 0 Å². The Morgan fingerprint density at radius 2 is 1.92 bits per heavy atom. The minimum atomic E-state index is 0.186.